The van der Waals surface area contributed by atoms with Crippen LogP contribution in [0.5, 0.6) is 0 Å². The van der Waals surface area contributed by atoms with Crippen LogP contribution in [-0.4, -0.2) is 30.6 Å². The molecule has 1 fully saturated rings. The summed E-state index contributed by atoms with van der Waals surface area (Å²) in [7, 11) is 4.47. The third-order valence-electron chi connectivity index (χ3n) is 5.31. The minimum atomic E-state index is 0.288. The summed E-state index contributed by atoms with van der Waals surface area (Å²) in [5.41, 5.74) is 3.44. The summed E-state index contributed by atoms with van der Waals surface area (Å²) < 4.78 is 0. The molecule has 0 aromatic heterocycles. The molecule has 120 valence electrons. The molecule has 1 atom stereocenters. The first-order chi connectivity index (χ1) is 9.67. The fourth-order valence-corrected chi connectivity index (χ4v) is 3.91. The molecule has 3 heteroatoms. The number of nitrogens with one attached hydrogen (secondary N) is 1. The van der Waals surface area contributed by atoms with Gasteiger partial charge in [-0.2, -0.15) is 0 Å². The predicted octanol–water partition coefficient (Wildman–Crippen LogP) is 3.83. The minimum Gasteiger partial charge on any atom is -0.302 e. The molecule has 0 radical (unpaired) electrons. The fraction of sp³-hybridized carbons (Fsp3) is 1.00. The Hall–Kier alpha value is -0.120. The predicted molar refractivity (Wildman–Crippen MR) is 88.6 cm³/mol. The molecular formula is C17H37N3. The lowest BCUT2D eigenvalue weighted by atomic mass is 9.74. The van der Waals surface area contributed by atoms with Gasteiger partial charge in [-0.15, -0.1) is 0 Å². The van der Waals surface area contributed by atoms with Crippen LogP contribution >= 0.6 is 0 Å². The van der Waals surface area contributed by atoms with Crippen molar-refractivity contribution in [2.75, 3.05) is 14.1 Å². The van der Waals surface area contributed by atoms with Crippen molar-refractivity contribution >= 4 is 0 Å². The molecule has 20 heavy (non-hydrogen) atoms. The lowest BCUT2D eigenvalue weighted by molar-refractivity contribution is 0.0524. The van der Waals surface area contributed by atoms with E-state index in [4.69, 9.17) is 5.84 Å². The molecule has 1 aliphatic carbocycles. The van der Waals surface area contributed by atoms with Gasteiger partial charge in [0.2, 0.25) is 0 Å². The Bertz CT molecular complexity index is 234. The third-order valence-corrected chi connectivity index (χ3v) is 5.31. The first-order valence-electron chi connectivity index (χ1n) is 8.81. The summed E-state index contributed by atoms with van der Waals surface area (Å²) in [5.74, 6) is 5.91. The van der Waals surface area contributed by atoms with E-state index in [2.05, 4.69) is 31.3 Å². The van der Waals surface area contributed by atoms with E-state index in [1.54, 1.807) is 0 Å². The first-order valence-corrected chi connectivity index (χ1v) is 8.81. The van der Waals surface area contributed by atoms with Crippen molar-refractivity contribution in [2.45, 2.75) is 95.6 Å². The van der Waals surface area contributed by atoms with Crippen LogP contribution in [0.2, 0.25) is 0 Å². The lowest BCUT2D eigenvalue weighted by Gasteiger charge is -2.48. The minimum absolute atomic E-state index is 0.288. The molecule has 1 rings (SSSR count). The standard InChI is InChI=1S/C17H37N3/c1-4-5-6-7-8-10-13-16(19-18)17(20(2)3)14-11-9-12-15-17/h16,19H,4-15,18H2,1-3H3. The van der Waals surface area contributed by atoms with Gasteiger partial charge >= 0.3 is 0 Å². The van der Waals surface area contributed by atoms with Gasteiger partial charge < -0.3 is 4.90 Å². The number of likely N-dealkylation sites (N-methyl/N-ethyl adjacent to an activating group) is 1. The maximum Gasteiger partial charge on any atom is 0.0394 e. The molecular weight excluding hydrogens is 246 g/mol. The summed E-state index contributed by atoms with van der Waals surface area (Å²) >= 11 is 0. The average Bonchev–Trinajstić information content (AvgIpc) is 2.47. The van der Waals surface area contributed by atoms with Crippen LogP contribution in [0.15, 0.2) is 0 Å². The Morgan fingerprint density at radius 3 is 2.15 bits per heavy atom. The molecule has 0 saturated heterocycles. The highest BCUT2D eigenvalue weighted by atomic mass is 15.3. The van der Waals surface area contributed by atoms with Crippen LogP contribution in [0.1, 0.15) is 84.0 Å². The van der Waals surface area contributed by atoms with E-state index in [1.165, 1.54) is 77.0 Å². The molecule has 1 saturated carbocycles. The molecule has 3 N–H and O–H groups in total. The SMILES string of the molecule is CCCCCCCCC(NN)C1(N(C)C)CCCCC1. The number of nitrogens with two attached hydrogens (primary N) is 1. The highest BCUT2D eigenvalue weighted by Crippen LogP contribution is 2.36. The normalized spacial score (nSPS) is 20.2. The molecule has 0 aromatic carbocycles. The Balaban J connectivity index is 2.41. The number of hydrogen-bond donors (Lipinski definition) is 2. The Labute approximate surface area is 126 Å². The summed E-state index contributed by atoms with van der Waals surface area (Å²) in [5, 5.41) is 0. The van der Waals surface area contributed by atoms with Gasteiger partial charge in [-0.05, 0) is 33.4 Å². The quantitative estimate of drug-likeness (QED) is 0.364. The van der Waals surface area contributed by atoms with Crippen LogP contribution in [-0.2, 0) is 0 Å². The van der Waals surface area contributed by atoms with Crippen molar-refractivity contribution in [1.29, 1.82) is 0 Å². The largest absolute Gasteiger partial charge is 0.302 e. The highest BCUT2D eigenvalue weighted by Gasteiger charge is 2.40. The van der Waals surface area contributed by atoms with E-state index in [0.717, 1.165) is 0 Å². The summed E-state index contributed by atoms with van der Waals surface area (Å²) in [4.78, 5) is 2.44. The second-order valence-electron chi connectivity index (χ2n) is 6.83. The number of hydrogen-bond acceptors (Lipinski definition) is 3. The van der Waals surface area contributed by atoms with Gasteiger partial charge in [0, 0.05) is 11.6 Å². The maximum atomic E-state index is 5.91. The van der Waals surface area contributed by atoms with Gasteiger partial charge in [-0.3, -0.25) is 11.3 Å². The van der Waals surface area contributed by atoms with Gasteiger partial charge in [0.1, 0.15) is 0 Å². The van der Waals surface area contributed by atoms with Crippen LogP contribution in [0, 0.1) is 0 Å². The summed E-state index contributed by atoms with van der Waals surface area (Å²) in [6.45, 7) is 2.28. The molecule has 0 bridgehead atoms. The lowest BCUT2D eigenvalue weighted by Crippen LogP contribution is -2.61. The van der Waals surface area contributed by atoms with E-state index in [-0.39, 0.29) is 5.54 Å². The number of rotatable bonds is 10. The molecule has 1 aliphatic rings. The number of hydrazine groups is 1. The number of unbranched alkanes of at least 4 members (excludes halogenated alkanes) is 5. The van der Waals surface area contributed by atoms with Gasteiger partial charge in [0.05, 0.1) is 0 Å². The highest BCUT2D eigenvalue weighted by molar-refractivity contribution is 4.99. The van der Waals surface area contributed by atoms with Crippen LogP contribution in [0.3, 0.4) is 0 Å². The zero-order chi connectivity index (χ0) is 14.8. The van der Waals surface area contributed by atoms with Crippen LogP contribution in [0.4, 0.5) is 0 Å². The monoisotopic (exact) mass is 283 g/mol. The Morgan fingerprint density at radius 1 is 1.00 bits per heavy atom. The van der Waals surface area contributed by atoms with Crippen molar-refractivity contribution in [3.8, 4) is 0 Å². The van der Waals surface area contributed by atoms with Crippen LogP contribution < -0.4 is 11.3 Å². The Morgan fingerprint density at radius 2 is 1.60 bits per heavy atom. The van der Waals surface area contributed by atoms with Crippen LogP contribution in [0.25, 0.3) is 0 Å². The molecule has 0 amide bonds. The van der Waals surface area contributed by atoms with Crippen molar-refractivity contribution in [1.82, 2.24) is 10.3 Å². The Kier molecular flexibility index (Phi) is 8.74. The van der Waals surface area contributed by atoms with E-state index >= 15 is 0 Å². The van der Waals surface area contributed by atoms with Crippen molar-refractivity contribution in [3.63, 3.8) is 0 Å². The smallest absolute Gasteiger partial charge is 0.0394 e. The molecule has 1 unspecified atom stereocenters. The van der Waals surface area contributed by atoms with Gasteiger partial charge in [-0.1, -0.05) is 64.7 Å². The first kappa shape index (κ1) is 17.9. The summed E-state index contributed by atoms with van der Waals surface area (Å²) in [6, 6.07) is 0.448. The van der Waals surface area contributed by atoms with Gasteiger partial charge in [-0.25, -0.2) is 0 Å². The third kappa shape index (κ3) is 5.01. The second-order valence-corrected chi connectivity index (χ2v) is 6.83. The van der Waals surface area contributed by atoms with E-state index in [0.29, 0.717) is 6.04 Å². The molecule has 0 aromatic rings. The zero-order valence-electron chi connectivity index (χ0n) is 14.1. The van der Waals surface area contributed by atoms with E-state index in [9.17, 15) is 0 Å². The topological polar surface area (TPSA) is 41.3 Å². The molecule has 0 aliphatic heterocycles. The second kappa shape index (κ2) is 9.75. The van der Waals surface area contributed by atoms with Gasteiger partial charge in [0.25, 0.3) is 0 Å². The molecule has 0 spiro atoms. The van der Waals surface area contributed by atoms with E-state index in [1.807, 2.05) is 0 Å². The summed E-state index contributed by atoms with van der Waals surface area (Å²) in [6.07, 6.45) is 16.1. The van der Waals surface area contributed by atoms with Crippen molar-refractivity contribution in [3.05, 3.63) is 0 Å². The fourth-order valence-electron chi connectivity index (χ4n) is 3.91. The van der Waals surface area contributed by atoms with E-state index < -0.39 is 0 Å². The maximum absolute atomic E-state index is 5.91. The van der Waals surface area contributed by atoms with Gasteiger partial charge in [0.15, 0.2) is 0 Å². The molecule has 0 heterocycles. The van der Waals surface area contributed by atoms with Crippen molar-refractivity contribution in [2.24, 2.45) is 5.84 Å². The van der Waals surface area contributed by atoms with Crippen molar-refractivity contribution < 1.29 is 0 Å². The average molecular weight is 284 g/mol. The molecule has 3 nitrogen and oxygen atoms in total. The zero-order valence-corrected chi connectivity index (χ0v) is 14.1. The number of nitrogens with zero attached hydrogens (tertiary/aromatic N) is 1.